The van der Waals surface area contributed by atoms with E-state index in [1.807, 2.05) is 36.4 Å². The van der Waals surface area contributed by atoms with Crippen LogP contribution < -0.4 is 4.74 Å². The van der Waals surface area contributed by atoms with Gasteiger partial charge in [-0.15, -0.1) is 0 Å². The summed E-state index contributed by atoms with van der Waals surface area (Å²) in [6, 6.07) is 19.0. The summed E-state index contributed by atoms with van der Waals surface area (Å²) < 4.78 is 12.1. The molecule has 1 heterocycles. The minimum Gasteiger partial charge on any atom is -0.488 e. The SMILES string of the molecule is O=C1OC(c2ccc(Cl)c([N+](=O)[O-])c2)=N/C1=C\c1ccccc1OCc1ccc(Br)cc1. The first-order valence-electron chi connectivity index (χ1n) is 9.34. The molecule has 0 radical (unpaired) electrons. The molecule has 0 aliphatic carbocycles. The Morgan fingerprint density at radius 1 is 1.12 bits per heavy atom. The normalized spacial score (nSPS) is 14.2. The summed E-state index contributed by atoms with van der Waals surface area (Å²) in [5.41, 5.74) is 1.66. The van der Waals surface area contributed by atoms with Gasteiger partial charge in [0.15, 0.2) is 5.70 Å². The van der Waals surface area contributed by atoms with Crippen molar-refractivity contribution < 1.29 is 19.2 Å². The number of hydrogen-bond acceptors (Lipinski definition) is 6. The van der Waals surface area contributed by atoms with Crippen LogP contribution >= 0.6 is 27.5 Å². The summed E-state index contributed by atoms with van der Waals surface area (Å²) in [4.78, 5) is 27.1. The number of ether oxygens (including phenoxy) is 2. The summed E-state index contributed by atoms with van der Waals surface area (Å²) in [7, 11) is 0. The standard InChI is InChI=1S/C23H14BrClN2O5/c24-17-8-5-14(6-9-17)13-31-21-4-2-1-3-15(21)11-19-23(28)32-22(26-19)16-7-10-18(25)20(12-16)27(29)30/h1-12H,13H2/b19-11-. The molecular weight excluding hydrogens is 500 g/mol. The molecule has 0 saturated carbocycles. The van der Waals surface area contributed by atoms with E-state index >= 15 is 0 Å². The Morgan fingerprint density at radius 2 is 1.88 bits per heavy atom. The highest BCUT2D eigenvalue weighted by Gasteiger charge is 2.26. The second-order valence-electron chi connectivity index (χ2n) is 6.71. The van der Waals surface area contributed by atoms with Crippen LogP contribution in [0.25, 0.3) is 6.08 Å². The smallest absolute Gasteiger partial charge is 0.363 e. The fraction of sp³-hybridized carbons (Fsp3) is 0.0435. The van der Waals surface area contributed by atoms with Crippen LogP contribution in [-0.4, -0.2) is 16.8 Å². The minimum atomic E-state index is -0.666. The fourth-order valence-corrected chi connectivity index (χ4v) is 3.39. The van der Waals surface area contributed by atoms with Gasteiger partial charge in [0.2, 0.25) is 5.90 Å². The van der Waals surface area contributed by atoms with E-state index in [1.54, 1.807) is 18.2 Å². The zero-order chi connectivity index (χ0) is 22.7. The monoisotopic (exact) mass is 512 g/mol. The number of benzene rings is 3. The summed E-state index contributed by atoms with van der Waals surface area (Å²) in [5, 5.41) is 11.1. The lowest BCUT2D eigenvalue weighted by Crippen LogP contribution is -2.06. The van der Waals surface area contributed by atoms with Gasteiger partial charge in [0, 0.05) is 21.7 Å². The number of nitro benzene ring substituents is 1. The van der Waals surface area contributed by atoms with Crippen LogP contribution in [0.5, 0.6) is 5.75 Å². The number of aliphatic imine (C=N–C) groups is 1. The highest BCUT2D eigenvalue weighted by molar-refractivity contribution is 9.10. The Kier molecular flexibility index (Phi) is 6.34. The van der Waals surface area contributed by atoms with Crippen LogP contribution in [0.2, 0.25) is 5.02 Å². The molecule has 3 aromatic rings. The van der Waals surface area contributed by atoms with E-state index in [0.717, 1.165) is 10.0 Å². The molecule has 1 aliphatic rings. The van der Waals surface area contributed by atoms with E-state index in [4.69, 9.17) is 21.1 Å². The van der Waals surface area contributed by atoms with Crippen LogP contribution in [0, 0.1) is 10.1 Å². The van der Waals surface area contributed by atoms with Gasteiger partial charge >= 0.3 is 5.97 Å². The first-order valence-corrected chi connectivity index (χ1v) is 10.5. The zero-order valence-electron chi connectivity index (χ0n) is 16.3. The number of hydrogen-bond donors (Lipinski definition) is 0. The molecule has 0 atom stereocenters. The number of para-hydroxylation sites is 1. The van der Waals surface area contributed by atoms with Crippen LogP contribution in [0.1, 0.15) is 16.7 Å². The maximum atomic E-state index is 12.4. The minimum absolute atomic E-state index is 0.0173. The summed E-state index contributed by atoms with van der Waals surface area (Å²) in [5.74, 6) is -0.129. The van der Waals surface area contributed by atoms with Gasteiger partial charge in [0.1, 0.15) is 17.4 Å². The average Bonchev–Trinajstić information content (AvgIpc) is 3.14. The largest absolute Gasteiger partial charge is 0.488 e. The van der Waals surface area contributed by atoms with Gasteiger partial charge < -0.3 is 9.47 Å². The molecule has 32 heavy (non-hydrogen) atoms. The van der Waals surface area contributed by atoms with Crippen molar-refractivity contribution in [2.45, 2.75) is 6.61 Å². The second kappa shape index (κ2) is 9.33. The van der Waals surface area contributed by atoms with Crippen molar-refractivity contribution in [2.24, 2.45) is 4.99 Å². The van der Waals surface area contributed by atoms with Gasteiger partial charge in [-0.3, -0.25) is 10.1 Å². The fourth-order valence-electron chi connectivity index (χ4n) is 2.94. The third kappa shape index (κ3) is 4.87. The van der Waals surface area contributed by atoms with Crippen molar-refractivity contribution in [1.82, 2.24) is 0 Å². The Labute approximate surface area is 196 Å². The molecule has 0 N–H and O–H groups in total. The second-order valence-corrected chi connectivity index (χ2v) is 8.04. The van der Waals surface area contributed by atoms with Gasteiger partial charge in [-0.05, 0) is 42.0 Å². The molecule has 160 valence electrons. The molecule has 0 fully saturated rings. The third-order valence-electron chi connectivity index (χ3n) is 4.53. The average molecular weight is 514 g/mol. The highest BCUT2D eigenvalue weighted by Crippen LogP contribution is 2.29. The zero-order valence-corrected chi connectivity index (χ0v) is 18.7. The number of esters is 1. The molecule has 0 unspecified atom stereocenters. The molecule has 1 aliphatic heterocycles. The van der Waals surface area contributed by atoms with Gasteiger partial charge in [-0.1, -0.05) is 57.9 Å². The number of halogens is 2. The van der Waals surface area contributed by atoms with Gasteiger partial charge in [-0.2, -0.15) is 0 Å². The number of carbonyl (C=O) groups is 1. The molecule has 0 aromatic heterocycles. The molecular formula is C23H14BrClN2O5. The highest BCUT2D eigenvalue weighted by atomic mass is 79.9. The number of nitrogens with zero attached hydrogens (tertiary/aromatic N) is 2. The van der Waals surface area contributed by atoms with Crippen molar-refractivity contribution >= 4 is 51.2 Å². The van der Waals surface area contributed by atoms with Crippen molar-refractivity contribution in [3.05, 3.63) is 109 Å². The maximum Gasteiger partial charge on any atom is 0.363 e. The molecule has 0 amide bonds. The van der Waals surface area contributed by atoms with E-state index in [9.17, 15) is 14.9 Å². The van der Waals surface area contributed by atoms with Crippen molar-refractivity contribution in [3.63, 3.8) is 0 Å². The van der Waals surface area contributed by atoms with Crippen molar-refractivity contribution in [1.29, 1.82) is 0 Å². The Morgan fingerprint density at radius 3 is 2.62 bits per heavy atom. The molecule has 7 nitrogen and oxygen atoms in total. The number of nitro groups is 1. The van der Waals surface area contributed by atoms with Crippen molar-refractivity contribution in [2.75, 3.05) is 0 Å². The maximum absolute atomic E-state index is 12.4. The Balaban J connectivity index is 1.59. The van der Waals surface area contributed by atoms with Crippen LogP contribution in [0.15, 0.2) is 81.9 Å². The Bertz CT molecular complexity index is 1270. The van der Waals surface area contributed by atoms with E-state index in [0.29, 0.717) is 17.9 Å². The molecule has 0 bridgehead atoms. The predicted molar refractivity (Wildman–Crippen MR) is 124 cm³/mol. The topological polar surface area (TPSA) is 91.0 Å². The molecule has 0 saturated heterocycles. The van der Waals surface area contributed by atoms with Crippen LogP contribution in [0.3, 0.4) is 0 Å². The quantitative estimate of drug-likeness (QED) is 0.176. The lowest BCUT2D eigenvalue weighted by Gasteiger charge is -2.09. The molecule has 9 heteroatoms. The number of rotatable bonds is 6. The van der Waals surface area contributed by atoms with Gasteiger partial charge in [0.05, 0.1) is 4.92 Å². The summed E-state index contributed by atoms with van der Waals surface area (Å²) in [6.07, 6.45) is 1.55. The summed E-state index contributed by atoms with van der Waals surface area (Å²) in [6.45, 7) is 0.348. The first-order chi connectivity index (χ1) is 15.4. The van der Waals surface area contributed by atoms with E-state index < -0.39 is 10.9 Å². The number of cyclic esters (lactones) is 1. The van der Waals surface area contributed by atoms with Crippen molar-refractivity contribution in [3.8, 4) is 5.75 Å². The van der Waals surface area contributed by atoms with Crippen LogP contribution in [0.4, 0.5) is 5.69 Å². The molecule has 0 spiro atoms. The van der Waals surface area contributed by atoms with E-state index in [-0.39, 0.29) is 27.9 Å². The third-order valence-corrected chi connectivity index (χ3v) is 5.38. The van der Waals surface area contributed by atoms with Gasteiger partial charge in [-0.25, -0.2) is 9.79 Å². The number of carbonyl (C=O) groups excluding carboxylic acids is 1. The molecule has 3 aromatic carbocycles. The van der Waals surface area contributed by atoms with E-state index in [2.05, 4.69) is 20.9 Å². The first kappa shape index (κ1) is 21.7. The predicted octanol–water partition coefficient (Wildman–Crippen LogP) is 5.93. The lowest BCUT2D eigenvalue weighted by molar-refractivity contribution is -0.384. The molecule has 4 rings (SSSR count). The van der Waals surface area contributed by atoms with Crippen LogP contribution in [-0.2, 0) is 16.1 Å². The summed E-state index contributed by atoms with van der Waals surface area (Å²) >= 11 is 9.24. The Hall–Kier alpha value is -3.49. The van der Waals surface area contributed by atoms with E-state index in [1.165, 1.54) is 18.2 Å². The lowest BCUT2D eigenvalue weighted by atomic mass is 10.1. The van der Waals surface area contributed by atoms with Gasteiger partial charge in [0.25, 0.3) is 5.69 Å².